The lowest BCUT2D eigenvalue weighted by atomic mass is 10.1. The van der Waals surface area contributed by atoms with E-state index in [1.807, 2.05) is 38.4 Å². The minimum absolute atomic E-state index is 0.102. The molecule has 28 heavy (non-hydrogen) atoms. The molecular formula is C22H24ClN3OS. The van der Waals surface area contributed by atoms with E-state index in [0.717, 1.165) is 27.5 Å². The maximum atomic E-state index is 13.0. The summed E-state index contributed by atoms with van der Waals surface area (Å²) in [5.74, 6) is -0.102. The van der Waals surface area contributed by atoms with Crippen molar-refractivity contribution in [3.63, 3.8) is 0 Å². The lowest BCUT2D eigenvalue weighted by molar-refractivity contribution is -0.114. The average molecular weight is 414 g/mol. The molecule has 0 atom stereocenters. The highest BCUT2D eigenvalue weighted by molar-refractivity contribution is 7.22. The lowest BCUT2D eigenvalue weighted by Gasteiger charge is -2.20. The molecule has 0 spiro atoms. The van der Waals surface area contributed by atoms with Gasteiger partial charge in [-0.15, -0.1) is 0 Å². The first kappa shape index (κ1) is 20.5. The Morgan fingerprint density at radius 3 is 2.64 bits per heavy atom. The van der Waals surface area contributed by atoms with Crippen molar-refractivity contribution in [2.75, 3.05) is 32.1 Å². The second kappa shape index (κ2) is 8.86. The van der Waals surface area contributed by atoms with Gasteiger partial charge in [0, 0.05) is 24.2 Å². The first-order valence-corrected chi connectivity index (χ1v) is 10.3. The van der Waals surface area contributed by atoms with E-state index in [1.54, 1.807) is 28.4 Å². The standard InChI is InChI=1S/C22H24ClN3OS/c1-15-13-16(2)21-19(14-15)24-22(28-21)26(12-11-25(3)4)20(27)10-9-17-7-5-6-8-18(17)23/h5-10,13-14H,11-12H2,1-4H3/b10-9+. The Hall–Kier alpha value is -2.21. The molecule has 3 aromatic rings. The predicted molar refractivity (Wildman–Crippen MR) is 120 cm³/mol. The van der Waals surface area contributed by atoms with Gasteiger partial charge >= 0.3 is 0 Å². The molecule has 0 saturated heterocycles. The molecule has 0 radical (unpaired) electrons. The van der Waals surface area contributed by atoms with Gasteiger partial charge in [-0.3, -0.25) is 9.69 Å². The molecule has 3 rings (SSSR count). The number of aryl methyl sites for hydroxylation is 2. The number of halogens is 1. The SMILES string of the molecule is Cc1cc(C)c2sc(N(CCN(C)C)C(=O)/C=C/c3ccccc3Cl)nc2c1. The predicted octanol–water partition coefficient (Wildman–Crippen LogP) is 5.17. The van der Waals surface area contributed by atoms with Crippen LogP contribution >= 0.6 is 22.9 Å². The van der Waals surface area contributed by atoms with Crippen LogP contribution in [-0.2, 0) is 4.79 Å². The molecular weight excluding hydrogens is 390 g/mol. The molecule has 2 aromatic carbocycles. The molecule has 0 bridgehead atoms. The number of fused-ring (bicyclic) bond motifs is 1. The number of hydrogen-bond donors (Lipinski definition) is 0. The molecule has 0 saturated carbocycles. The largest absolute Gasteiger partial charge is 0.308 e. The zero-order valence-corrected chi connectivity index (χ0v) is 18.1. The number of carbonyl (C=O) groups excluding carboxylic acids is 1. The highest BCUT2D eigenvalue weighted by atomic mass is 35.5. The van der Waals surface area contributed by atoms with Gasteiger partial charge in [-0.25, -0.2) is 4.98 Å². The van der Waals surface area contributed by atoms with Gasteiger partial charge in [0.25, 0.3) is 5.91 Å². The number of thiazole rings is 1. The molecule has 0 aliphatic carbocycles. The van der Waals surface area contributed by atoms with Crippen molar-refractivity contribution in [2.45, 2.75) is 13.8 Å². The van der Waals surface area contributed by atoms with Crippen LogP contribution < -0.4 is 4.90 Å². The molecule has 0 aliphatic rings. The number of benzene rings is 2. The van der Waals surface area contributed by atoms with Crippen molar-refractivity contribution in [1.82, 2.24) is 9.88 Å². The monoisotopic (exact) mass is 413 g/mol. The van der Waals surface area contributed by atoms with Gasteiger partial charge in [-0.2, -0.15) is 0 Å². The third-order valence-electron chi connectivity index (χ3n) is 4.39. The summed E-state index contributed by atoms with van der Waals surface area (Å²) >= 11 is 7.76. The van der Waals surface area contributed by atoms with Gasteiger partial charge in [0.15, 0.2) is 5.13 Å². The van der Waals surface area contributed by atoms with Gasteiger partial charge in [0.2, 0.25) is 0 Å². The van der Waals surface area contributed by atoms with Crippen LogP contribution in [0.4, 0.5) is 5.13 Å². The Bertz CT molecular complexity index is 1030. The zero-order chi connectivity index (χ0) is 20.3. The van der Waals surface area contributed by atoms with E-state index in [9.17, 15) is 4.79 Å². The van der Waals surface area contributed by atoms with E-state index in [4.69, 9.17) is 16.6 Å². The van der Waals surface area contributed by atoms with Crippen LogP contribution in [0.25, 0.3) is 16.3 Å². The Labute approximate surface area is 175 Å². The number of anilines is 1. The third kappa shape index (κ3) is 4.79. The van der Waals surface area contributed by atoms with E-state index < -0.39 is 0 Å². The number of aromatic nitrogens is 1. The molecule has 4 nitrogen and oxygen atoms in total. The molecule has 1 heterocycles. The zero-order valence-electron chi connectivity index (χ0n) is 16.6. The number of nitrogens with zero attached hydrogens (tertiary/aromatic N) is 3. The van der Waals surface area contributed by atoms with E-state index in [-0.39, 0.29) is 5.91 Å². The summed E-state index contributed by atoms with van der Waals surface area (Å²) in [6, 6.07) is 11.7. The van der Waals surface area contributed by atoms with Crippen LogP contribution in [0, 0.1) is 13.8 Å². The van der Waals surface area contributed by atoms with Crippen LogP contribution in [0.2, 0.25) is 5.02 Å². The molecule has 1 aromatic heterocycles. The summed E-state index contributed by atoms with van der Waals surface area (Å²) in [6.07, 6.45) is 3.33. The highest BCUT2D eigenvalue weighted by Gasteiger charge is 2.19. The summed E-state index contributed by atoms with van der Waals surface area (Å²) in [4.78, 5) is 21.6. The van der Waals surface area contributed by atoms with Crippen LogP contribution in [0.5, 0.6) is 0 Å². The van der Waals surface area contributed by atoms with Crippen LogP contribution in [0.1, 0.15) is 16.7 Å². The number of amides is 1. The Morgan fingerprint density at radius 1 is 1.18 bits per heavy atom. The van der Waals surface area contributed by atoms with Crippen LogP contribution in [0.15, 0.2) is 42.5 Å². The van der Waals surface area contributed by atoms with Gasteiger partial charge in [0.1, 0.15) is 0 Å². The quantitative estimate of drug-likeness (QED) is 0.523. The Kier molecular flexibility index (Phi) is 6.50. The molecule has 1 amide bonds. The average Bonchev–Trinajstić information content (AvgIpc) is 3.05. The summed E-state index contributed by atoms with van der Waals surface area (Å²) in [5.41, 5.74) is 4.12. The Morgan fingerprint density at radius 2 is 1.93 bits per heavy atom. The molecule has 0 fully saturated rings. The molecule has 146 valence electrons. The molecule has 0 unspecified atom stereocenters. The smallest absolute Gasteiger partial charge is 0.252 e. The van der Waals surface area contributed by atoms with E-state index in [0.29, 0.717) is 11.6 Å². The normalized spacial score (nSPS) is 11.6. The highest BCUT2D eigenvalue weighted by Crippen LogP contribution is 2.32. The maximum absolute atomic E-state index is 13.0. The van der Waals surface area contributed by atoms with E-state index in [1.165, 1.54) is 11.1 Å². The minimum Gasteiger partial charge on any atom is -0.308 e. The van der Waals surface area contributed by atoms with Crippen molar-refractivity contribution < 1.29 is 4.79 Å². The summed E-state index contributed by atoms with van der Waals surface area (Å²) in [5, 5.41) is 1.34. The second-order valence-corrected chi connectivity index (χ2v) is 8.46. The number of rotatable bonds is 6. The fourth-order valence-corrected chi connectivity index (χ4v) is 4.19. The van der Waals surface area contributed by atoms with Crippen molar-refractivity contribution in [2.24, 2.45) is 0 Å². The fourth-order valence-electron chi connectivity index (χ4n) is 2.94. The third-order valence-corrected chi connectivity index (χ3v) is 5.96. The lowest BCUT2D eigenvalue weighted by Crippen LogP contribution is -2.35. The molecule has 0 N–H and O–H groups in total. The summed E-state index contributed by atoms with van der Waals surface area (Å²) in [7, 11) is 3.99. The van der Waals surface area contributed by atoms with Crippen molar-refractivity contribution in [3.05, 3.63) is 64.2 Å². The first-order chi connectivity index (χ1) is 13.3. The Balaban J connectivity index is 1.93. The fraction of sp³-hybridized carbons (Fsp3) is 0.273. The minimum atomic E-state index is -0.102. The van der Waals surface area contributed by atoms with Crippen LogP contribution in [0.3, 0.4) is 0 Å². The van der Waals surface area contributed by atoms with Gasteiger partial charge in [0.05, 0.1) is 10.2 Å². The van der Waals surface area contributed by atoms with Gasteiger partial charge in [-0.1, -0.05) is 47.2 Å². The summed E-state index contributed by atoms with van der Waals surface area (Å²) in [6.45, 7) is 5.46. The van der Waals surface area contributed by atoms with Crippen LogP contribution in [-0.4, -0.2) is 43.0 Å². The van der Waals surface area contributed by atoms with Crippen molar-refractivity contribution in [1.29, 1.82) is 0 Å². The number of hydrogen-bond acceptors (Lipinski definition) is 4. The molecule has 0 aliphatic heterocycles. The van der Waals surface area contributed by atoms with Crippen molar-refractivity contribution >= 4 is 50.3 Å². The van der Waals surface area contributed by atoms with Crippen molar-refractivity contribution in [3.8, 4) is 0 Å². The summed E-state index contributed by atoms with van der Waals surface area (Å²) < 4.78 is 1.12. The number of likely N-dealkylation sites (N-methyl/N-ethyl adjacent to an activating group) is 1. The maximum Gasteiger partial charge on any atom is 0.252 e. The topological polar surface area (TPSA) is 36.4 Å². The van der Waals surface area contributed by atoms with E-state index >= 15 is 0 Å². The second-order valence-electron chi connectivity index (χ2n) is 7.07. The van der Waals surface area contributed by atoms with Gasteiger partial charge in [-0.05, 0) is 62.8 Å². The first-order valence-electron chi connectivity index (χ1n) is 9.12. The number of carbonyl (C=O) groups is 1. The van der Waals surface area contributed by atoms with Gasteiger partial charge < -0.3 is 4.90 Å². The van der Waals surface area contributed by atoms with E-state index in [2.05, 4.69) is 30.9 Å². The molecule has 6 heteroatoms.